The molecule has 1 heterocycles. The number of amides is 1. The number of rotatable bonds is 2. The van der Waals surface area contributed by atoms with Crippen molar-refractivity contribution in [3.05, 3.63) is 0 Å². The van der Waals surface area contributed by atoms with E-state index in [0.717, 1.165) is 12.8 Å². The molecule has 4 heteroatoms. The Kier molecular flexibility index (Phi) is 1.63. The monoisotopic (exact) mass is 171 g/mol. The number of aliphatic hydroxyl groups excluding tert-OH is 2. The Morgan fingerprint density at radius 2 is 2.25 bits per heavy atom. The van der Waals surface area contributed by atoms with Crippen molar-refractivity contribution in [2.75, 3.05) is 13.2 Å². The van der Waals surface area contributed by atoms with E-state index in [9.17, 15) is 9.90 Å². The number of hydrogen-bond acceptors (Lipinski definition) is 3. The van der Waals surface area contributed by atoms with E-state index in [4.69, 9.17) is 5.11 Å². The van der Waals surface area contributed by atoms with Gasteiger partial charge in [-0.25, -0.2) is 0 Å². The summed E-state index contributed by atoms with van der Waals surface area (Å²) < 4.78 is 0. The first-order chi connectivity index (χ1) is 5.68. The molecule has 0 spiro atoms. The fraction of sp³-hybridized carbons (Fsp3) is 0.875. The minimum Gasteiger partial charge on any atom is -0.394 e. The highest BCUT2D eigenvalue weighted by atomic mass is 16.3. The average molecular weight is 171 g/mol. The van der Waals surface area contributed by atoms with Gasteiger partial charge in [0.25, 0.3) is 0 Å². The van der Waals surface area contributed by atoms with Gasteiger partial charge in [-0.1, -0.05) is 0 Å². The van der Waals surface area contributed by atoms with Crippen LogP contribution >= 0.6 is 0 Å². The van der Waals surface area contributed by atoms with Gasteiger partial charge in [-0.3, -0.25) is 4.79 Å². The summed E-state index contributed by atoms with van der Waals surface area (Å²) in [5.41, 5.74) is -0.297. The standard InChI is InChI=1S/C8H13NO3/c10-5-8(1-2-8)9-4-6(11)3-7(9)12/h6,10-11H,1-5H2. The van der Waals surface area contributed by atoms with Gasteiger partial charge in [0.2, 0.25) is 5.91 Å². The van der Waals surface area contributed by atoms with Gasteiger partial charge in [-0.2, -0.15) is 0 Å². The fourth-order valence-corrected chi connectivity index (χ4v) is 1.80. The van der Waals surface area contributed by atoms with Crippen LogP contribution in [0.5, 0.6) is 0 Å². The Bertz CT molecular complexity index is 212. The Hall–Kier alpha value is -0.610. The molecule has 0 aromatic heterocycles. The number of hydrogen-bond donors (Lipinski definition) is 2. The van der Waals surface area contributed by atoms with Crippen LogP contribution in [-0.2, 0) is 4.79 Å². The van der Waals surface area contributed by atoms with E-state index >= 15 is 0 Å². The molecule has 1 aliphatic heterocycles. The smallest absolute Gasteiger partial charge is 0.225 e. The molecule has 1 aliphatic carbocycles. The molecule has 2 rings (SSSR count). The zero-order chi connectivity index (χ0) is 8.77. The topological polar surface area (TPSA) is 60.8 Å². The van der Waals surface area contributed by atoms with E-state index in [-0.39, 0.29) is 24.5 Å². The van der Waals surface area contributed by atoms with E-state index in [0.29, 0.717) is 6.54 Å². The maximum absolute atomic E-state index is 11.3. The normalized spacial score (nSPS) is 32.7. The van der Waals surface area contributed by atoms with Crippen LogP contribution in [0.25, 0.3) is 0 Å². The molecule has 1 atom stereocenters. The molecule has 0 bridgehead atoms. The molecule has 68 valence electrons. The third-order valence-electron chi connectivity index (χ3n) is 2.80. The number of carbonyl (C=O) groups is 1. The quantitative estimate of drug-likeness (QED) is 0.566. The number of likely N-dealkylation sites (tertiary alicyclic amines) is 1. The van der Waals surface area contributed by atoms with Gasteiger partial charge in [-0.15, -0.1) is 0 Å². The number of aliphatic hydroxyl groups is 2. The molecule has 4 nitrogen and oxygen atoms in total. The zero-order valence-corrected chi connectivity index (χ0v) is 6.86. The zero-order valence-electron chi connectivity index (χ0n) is 6.86. The lowest BCUT2D eigenvalue weighted by Gasteiger charge is -2.25. The Morgan fingerprint density at radius 1 is 1.58 bits per heavy atom. The van der Waals surface area contributed by atoms with Gasteiger partial charge in [0.15, 0.2) is 0 Å². The summed E-state index contributed by atoms with van der Waals surface area (Å²) in [6.45, 7) is 0.435. The number of nitrogens with zero attached hydrogens (tertiary/aromatic N) is 1. The Morgan fingerprint density at radius 3 is 2.58 bits per heavy atom. The highest BCUT2D eigenvalue weighted by molar-refractivity contribution is 5.80. The van der Waals surface area contributed by atoms with Crippen molar-refractivity contribution in [2.24, 2.45) is 0 Å². The van der Waals surface area contributed by atoms with Crippen LogP contribution in [0.2, 0.25) is 0 Å². The highest BCUT2D eigenvalue weighted by Gasteiger charge is 2.52. The van der Waals surface area contributed by atoms with E-state index < -0.39 is 6.10 Å². The van der Waals surface area contributed by atoms with Gasteiger partial charge in [0, 0.05) is 6.54 Å². The third kappa shape index (κ3) is 1.03. The lowest BCUT2D eigenvalue weighted by atomic mass is 10.2. The molecular weight excluding hydrogens is 158 g/mol. The molecule has 0 radical (unpaired) electrons. The molecule has 1 saturated heterocycles. The molecule has 2 aliphatic rings. The van der Waals surface area contributed by atoms with Crippen molar-refractivity contribution >= 4 is 5.91 Å². The van der Waals surface area contributed by atoms with E-state index in [1.54, 1.807) is 4.90 Å². The first kappa shape index (κ1) is 8.01. The van der Waals surface area contributed by atoms with Crippen LogP contribution < -0.4 is 0 Å². The molecule has 0 aromatic carbocycles. The molecule has 1 saturated carbocycles. The fourth-order valence-electron chi connectivity index (χ4n) is 1.80. The predicted octanol–water partition coefficient (Wildman–Crippen LogP) is -0.896. The van der Waals surface area contributed by atoms with Crippen molar-refractivity contribution in [1.82, 2.24) is 4.90 Å². The second kappa shape index (κ2) is 2.44. The van der Waals surface area contributed by atoms with Crippen LogP contribution in [0, 0.1) is 0 Å². The SMILES string of the molecule is O=C1CC(O)CN1C1(CO)CC1. The van der Waals surface area contributed by atoms with Gasteiger partial charge in [0.05, 0.1) is 24.7 Å². The van der Waals surface area contributed by atoms with Gasteiger partial charge >= 0.3 is 0 Å². The molecule has 0 aromatic rings. The molecule has 12 heavy (non-hydrogen) atoms. The minimum atomic E-state index is -0.526. The Labute approximate surface area is 70.8 Å². The largest absolute Gasteiger partial charge is 0.394 e. The summed E-state index contributed by atoms with van der Waals surface area (Å²) in [4.78, 5) is 12.9. The maximum Gasteiger partial charge on any atom is 0.225 e. The van der Waals surface area contributed by atoms with Crippen molar-refractivity contribution in [3.63, 3.8) is 0 Å². The molecule has 1 amide bonds. The second-order valence-corrected chi connectivity index (χ2v) is 3.74. The van der Waals surface area contributed by atoms with E-state index in [1.807, 2.05) is 0 Å². The Balaban J connectivity index is 2.09. The summed E-state index contributed by atoms with van der Waals surface area (Å²) in [6.07, 6.45) is 1.45. The molecule has 2 N–H and O–H groups in total. The maximum atomic E-state index is 11.3. The van der Waals surface area contributed by atoms with E-state index in [2.05, 4.69) is 0 Å². The third-order valence-corrected chi connectivity index (χ3v) is 2.80. The van der Waals surface area contributed by atoms with Crippen molar-refractivity contribution in [3.8, 4) is 0 Å². The van der Waals surface area contributed by atoms with Crippen LogP contribution in [0.1, 0.15) is 19.3 Å². The van der Waals surface area contributed by atoms with Crippen LogP contribution in [-0.4, -0.2) is 45.8 Å². The van der Waals surface area contributed by atoms with Crippen molar-refractivity contribution in [1.29, 1.82) is 0 Å². The van der Waals surface area contributed by atoms with Crippen LogP contribution in [0.3, 0.4) is 0 Å². The molecule has 1 unspecified atom stereocenters. The summed E-state index contributed by atoms with van der Waals surface area (Å²) >= 11 is 0. The van der Waals surface area contributed by atoms with Crippen molar-refractivity contribution < 1.29 is 15.0 Å². The molecular formula is C8H13NO3. The second-order valence-electron chi connectivity index (χ2n) is 3.74. The lowest BCUT2D eigenvalue weighted by molar-refractivity contribution is -0.131. The van der Waals surface area contributed by atoms with Gasteiger partial charge in [-0.05, 0) is 12.8 Å². The summed E-state index contributed by atoms with van der Waals surface area (Å²) in [6, 6.07) is 0. The van der Waals surface area contributed by atoms with E-state index in [1.165, 1.54) is 0 Å². The average Bonchev–Trinajstić information content (AvgIpc) is 2.74. The first-order valence-corrected chi connectivity index (χ1v) is 4.27. The molecule has 2 fully saturated rings. The highest BCUT2D eigenvalue weighted by Crippen LogP contribution is 2.43. The summed E-state index contributed by atoms with van der Waals surface area (Å²) in [5.74, 6) is -0.0194. The number of carbonyl (C=O) groups excluding carboxylic acids is 1. The minimum absolute atomic E-state index is 0.0194. The summed E-state index contributed by atoms with van der Waals surface area (Å²) in [7, 11) is 0. The van der Waals surface area contributed by atoms with Gasteiger partial charge in [0.1, 0.15) is 0 Å². The van der Waals surface area contributed by atoms with Crippen molar-refractivity contribution in [2.45, 2.75) is 30.9 Å². The van der Waals surface area contributed by atoms with Crippen LogP contribution in [0.15, 0.2) is 0 Å². The lowest BCUT2D eigenvalue weighted by Crippen LogP contribution is -2.41. The predicted molar refractivity (Wildman–Crippen MR) is 41.4 cm³/mol. The number of β-amino-alcohol motifs (C(OH)–C–C–N with tert-alkyl or cyclic N) is 1. The van der Waals surface area contributed by atoms with Gasteiger partial charge < -0.3 is 15.1 Å². The van der Waals surface area contributed by atoms with Crippen LogP contribution in [0.4, 0.5) is 0 Å². The summed E-state index contributed by atoms with van der Waals surface area (Å²) in [5, 5.41) is 18.3. The first-order valence-electron chi connectivity index (χ1n) is 4.27.